The van der Waals surface area contributed by atoms with E-state index < -0.39 is 0 Å². The molecule has 1 amide bonds. The number of nitrogens with one attached hydrogen (secondary N) is 2. The van der Waals surface area contributed by atoms with Gasteiger partial charge < -0.3 is 9.62 Å². The summed E-state index contributed by atoms with van der Waals surface area (Å²) in [5.74, 6) is 0. The lowest BCUT2D eigenvalue weighted by molar-refractivity contribution is -0.110. The van der Waals surface area contributed by atoms with Crippen molar-refractivity contribution < 1.29 is 4.79 Å². The highest BCUT2D eigenvalue weighted by Gasteiger charge is 2.26. The minimum atomic E-state index is 0.483. The Kier molecular flexibility index (Phi) is 6.02. The van der Waals surface area contributed by atoms with Crippen LogP contribution in [0.1, 0.15) is 44.7 Å². The number of carbonyl (C=O) groups excluding carboxylic acids is 1. The van der Waals surface area contributed by atoms with E-state index in [0.717, 1.165) is 24.3 Å². The van der Waals surface area contributed by atoms with Gasteiger partial charge in [0.15, 0.2) is 0 Å². The molecule has 6 heteroatoms. The molecule has 1 aromatic heterocycles. The van der Waals surface area contributed by atoms with Crippen molar-refractivity contribution in [2.24, 2.45) is 0 Å². The monoisotopic (exact) mass is 358 g/mol. The second kappa shape index (κ2) is 8.43. The highest BCUT2D eigenvalue weighted by atomic mass is 32.2. The lowest BCUT2D eigenvalue weighted by Gasteiger charge is -2.27. The summed E-state index contributed by atoms with van der Waals surface area (Å²) in [6, 6.07) is 8.90. The van der Waals surface area contributed by atoms with Crippen molar-refractivity contribution in [2.45, 2.75) is 56.9 Å². The highest BCUT2D eigenvalue weighted by Crippen LogP contribution is 2.46. The van der Waals surface area contributed by atoms with Gasteiger partial charge in [0.1, 0.15) is 5.69 Å². The van der Waals surface area contributed by atoms with Crippen molar-refractivity contribution in [3.8, 4) is 11.3 Å². The first-order chi connectivity index (χ1) is 12.2. The molecule has 1 fully saturated rings. The van der Waals surface area contributed by atoms with Gasteiger partial charge in [-0.1, -0.05) is 37.5 Å². The number of benzene rings is 1. The van der Waals surface area contributed by atoms with Gasteiger partial charge in [0.05, 0.1) is 11.4 Å². The third-order valence-corrected chi connectivity index (χ3v) is 5.93. The first-order valence-electron chi connectivity index (χ1n) is 9.04. The summed E-state index contributed by atoms with van der Waals surface area (Å²) in [6.45, 7) is 5.21. The number of hydrogen-bond donors (Lipinski definition) is 2. The number of aromatic nitrogens is 2. The molecule has 2 aliphatic rings. The highest BCUT2D eigenvalue weighted by molar-refractivity contribution is 8.01. The van der Waals surface area contributed by atoms with Crippen molar-refractivity contribution in [1.29, 1.82) is 0 Å². The Morgan fingerprint density at radius 3 is 2.80 bits per heavy atom. The van der Waals surface area contributed by atoms with Crippen LogP contribution in [-0.2, 0) is 4.79 Å². The molecule has 0 radical (unpaired) electrons. The maximum absolute atomic E-state index is 9.96. The molecule has 5 nitrogen and oxygen atoms in total. The average molecular weight is 359 g/mol. The van der Waals surface area contributed by atoms with Crippen LogP contribution in [0.3, 0.4) is 0 Å². The fourth-order valence-electron chi connectivity index (χ4n) is 3.41. The van der Waals surface area contributed by atoms with Gasteiger partial charge in [-0.25, -0.2) is 0 Å². The van der Waals surface area contributed by atoms with E-state index >= 15 is 0 Å². The van der Waals surface area contributed by atoms with Crippen LogP contribution in [0.4, 0.5) is 5.69 Å². The average Bonchev–Trinajstić information content (AvgIpc) is 3.05. The molecule has 2 aromatic rings. The zero-order valence-electron chi connectivity index (χ0n) is 14.9. The Hall–Kier alpha value is -1.95. The Morgan fingerprint density at radius 1 is 1.32 bits per heavy atom. The van der Waals surface area contributed by atoms with Gasteiger partial charge in [0.25, 0.3) is 0 Å². The number of carbonyl (C=O) groups is 1. The molecule has 0 spiro atoms. The van der Waals surface area contributed by atoms with E-state index in [4.69, 9.17) is 0 Å². The Morgan fingerprint density at radius 2 is 2.08 bits per heavy atom. The van der Waals surface area contributed by atoms with Gasteiger partial charge in [-0.05, 0) is 44.7 Å². The third kappa shape index (κ3) is 4.00. The molecule has 0 unspecified atom stereocenters. The van der Waals surface area contributed by atoms with Crippen LogP contribution < -0.4 is 9.62 Å². The quantitative estimate of drug-likeness (QED) is 0.634. The van der Waals surface area contributed by atoms with Gasteiger partial charge in [-0.3, -0.25) is 9.89 Å². The second-order valence-corrected chi connectivity index (χ2v) is 7.51. The van der Waals surface area contributed by atoms with E-state index in [1.54, 1.807) is 11.9 Å². The summed E-state index contributed by atoms with van der Waals surface area (Å²) in [6.07, 6.45) is 7.08. The van der Waals surface area contributed by atoms with Gasteiger partial charge in [0, 0.05) is 23.0 Å². The van der Waals surface area contributed by atoms with Crippen LogP contribution in [0.5, 0.6) is 0 Å². The number of hydrogen-bond acceptors (Lipinski definition) is 4. The first kappa shape index (κ1) is 17.9. The van der Waals surface area contributed by atoms with E-state index in [2.05, 4.69) is 57.9 Å². The molecule has 2 N–H and O–H groups in total. The molecule has 0 atom stereocenters. The van der Waals surface area contributed by atoms with Crippen molar-refractivity contribution >= 4 is 24.0 Å². The van der Waals surface area contributed by atoms with Crippen LogP contribution in [0, 0.1) is 6.92 Å². The van der Waals surface area contributed by atoms with Crippen LogP contribution >= 0.6 is 11.9 Å². The molecule has 2 heterocycles. The Labute approximate surface area is 153 Å². The van der Waals surface area contributed by atoms with Crippen molar-refractivity contribution in [3.05, 3.63) is 30.0 Å². The molecule has 0 bridgehead atoms. The lowest BCUT2D eigenvalue weighted by atomic mass is 9.96. The Bertz CT molecular complexity index is 709. The summed E-state index contributed by atoms with van der Waals surface area (Å²) in [4.78, 5) is 11.2. The number of aryl methyl sites for hydroxylation is 1. The zero-order valence-corrected chi connectivity index (χ0v) is 15.7. The lowest BCUT2D eigenvalue weighted by Crippen LogP contribution is -2.29. The number of H-pyrrole nitrogens is 1. The van der Waals surface area contributed by atoms with E-state index in [-0.39, 0.29) is 0 Å². The molecule has 134 valence electrons. The summed E-state index contributed by atoms with van der Waals surface area (Å²) in [5, 5.41) is 10.3. The van der Waals surface area contributed by atoms with Crippen molar-refractivity contribution in [3.63, 3.8) is 0 Å². The molecule has 25 heavy (non-hydrogen) atoms. The fraction of sp³-hybridized carbons (Fsp3) is 0.474. The predicted molar refractivity (Wildman–Crippen MR) is 104 cm³/mol. The molecular weight excluding hydrogens is 332 g/mol. The molecule has 1 saturated carbocycles. The van der Waals surface area contributed by atoms with Gasteiger partial charge in [-0.15, -0.1) is 0 Å². The van der Waals surface area contributed by atoms with E-state index in [1.807, 2.05) is 0 Å². The number of fused-ring (bicyclic) bond motifs is 3. The minimum absolute atomic E-state index is 0.483. The summed E-state index contributed by atoms with van der Waals surface area (Å²) in [5.41, 5.74) is 4.68. The Balaban J connectivity index is 0.000000173. The standard InChI is InChI=1S/C12H13N3S.C7H13NO/c1-3-15-12-8(2)13-14-11(12)9-6-4-5-7-10(9)16-15;9-6-8-7-4-2-1-3-5-7/h4-7H,3H2,1-2H3,(H,13,14);6-7H,1-5H2,(H,8,9). The maximum atomic E-state index is 9.96. The van der Waals surface area contributed by atoms with Gasteiger partial charge in [-0.2, -0.15) is 5.10 Å². The molecule has 1 aliphatic carbocycles. The largest absolute Gasteiger partial charge is 0.356 e. The van der Waals surface area contributed by atoms with Gasteiger partial charge >= 0.3 is 0 Å². The summed E-state index contributed by atoms with van der Waals surface area (Å²) in [7, 11) is 0. The third-order valence-electron chi connectivity index (χ3n) is 4.71. The van der Waals surface area contributed by atoms with Crippen molar-refractivity contribution in [1.82, 2.24) is 15.5 Å². The summed E-state index contributed by atoms with van der Waals surface area (Å²) < 4.78 is 2.29. The topological polar surface area (TPSA) is 61.0 Å². The SMILES string of the molecule is CCN1Sc2ccccc2-c2n[nH]c(C)c21.O=CNC1CCCCC1. The fourth-order valence-corrected chi connectivity index (χ4v) is 4.49. The van der Waals surface area contributed by atoms with E-state index in [1.165, 1.54) is 48.3 Å². The van der Waals surface area contributed by atoms with Crippen LogP contribution in [0.2, 0.25) is 0 Å². The predicted octanol–water partition coefficient (Wildman–Crippen LogP) is 4.30. The van der Waals surface area contributed by atoms with Crippen LogP contribution in [0.25, 0.3) is 11.3 Å². The molecule has 1 aliphatic heterocycles. The number of amides is 1. The van der Waals surface area contributed by atoms with Crippen LogP contribution in [0.15, 0.2) is 29.2 Å². The zero-order chi connectivity index (χ0) is 17.6. The number of nitrogens with zero attached hydrogens (tertiary/aromatic N) is 2. The number of anilines is 1. The minimum Gasteiger partial charge on any atom is -0.356 e. The van der Waals surface area contributed by atoms with E-state index in [0.29, 0.717) is 6.04 Å². The normalized spacial score (nSPS) is 16.3. The van der Waals surface area contributed by atoms with E-state index in [9.17, 15) is 4.79 Å². The van der Waals surface area contributed by atoms with Gasteiger partial charge in [0.2, 0.25) is 6.41 Å². The van der Waals surface area contributed by atoms with Crippen molar-refractivity contribution in [2.75, 3.05) is 10.8 Å². The first-order valence-corrected chi connectivity index (χ1v) is 9.81. The summed E-state index contributed by atoms with van der Waals surface area (Å²) >= 11 is 1.79. The smallest absolute Gasteiger partial charge is 0.207 e. The molecule has 0 saturated heterocycles. The molecule has 1 aromatic carbocycles. The molecule has 4 rings (SSSR count). The second-order valence-electron chi connectivity index (χ2n) is 6.45. The number of rotatable bonds is 3. The number of aromatic amines is 1. The molecular formula is C19H26N4OS. The maximum Gasteiger partial charge on any atom is 0.207 e. The van der Waals surface area contributed by atoms with Crippen LogP contribution in [-0.4, -0.2) is 29.2 Å².